The van der Waals surface area contributed by atoms with Crippen LogP contribution in [0.2, 0.25) is 0 Å². The minimum Gasteiger partial charge on any atom is -0.356 e. The molecule has 1 amide bonds. The molecule has 8 heteroatoms. The minimum atomic E-state index is -0.197. The lowest BCUT2D eigenvalue weighted by molar-refractivity contribution is -0.120. The summed E-state index contributed by atoms with van der Waals surface area (Å²) in [6, 6.07) is 11.2. The molecule has 3 heterocycles. The van der Waals surface area contributed by atoms with E-state index in [4.69, 9.17) is 9.05 Å². The summed E-state index contributed by atoms with van der Waals surface area (Å²) in [6.07, 6.45) is 2.02. The molecule has 8 nitrogen and oxygen atoms in total. The molecule has 0 spiro atoms. The molecule has 0 saturated heterocycles. The van der Waals surface area contributed by atoms with E-state index in [9.17, 15) is 4.79 Å². The first-order chi connectivity index (χ1) is 12.2. The second kappa shape index (κ2) is 6.23. The van der Waals surface area contributed by atoms with E-state index in [0.29, 0.717) is 23.0 Å². The second-order valence-electron chi connectivity index (χ2n) is 5.59. The van der Waals surface area contributed by atoms with Crippen LogP contribution in [-0.2, 0) is 24.8 Å². The van der Waals surface area contributed by atoms with Crippen LogP contribution in [-0.4, -0.2) is 25.8 Å². The Hall–Kier alpha value is -3.42. The number of aryl methyl sites for hydroxylation is 1. The fourth-order valence-electron chi connectivity index (χ4n) is 2.58. The van der Waals surface area contributed by atoms with Crippen LogP contribution in [0.1, 0.15) is 11.6 Å². The van der Waals surface area contributed by atoms with Gasteiger partial charge in [-0.2, -0.15) is 4.98 Å². The van der Waals surface area contributed by atoms with Gasteiger partial charge in [0.05, 0.1) is 18.7 Å². The highest BCUT2D eigenvalue weighted by Crippen LogP contribution is 2.18. The number of carbonyl (C=O) groups excluding carboxylic acids is 1. The van der Waals surface area contributed by atoms with Crippen molar-refractivity contribution in [3.8, 4) is 11.5 Å². The lowest BCUT2D eigenvalue weighted by Crippen LogP contribution is -2.24. The van der Waals surface area contributed by atoms with E-state index < -0.39 is 0 Å². The second-order valence-corrected chi connectivity index (χ2v) is 5.59. The van der Waals surface area contributed by atoms with Crippen molar-refractivity contribution in [1.82, 2.24) is 25.2 Å². The highest BCUT2D eigenvalue weighted by Gasteiger charge is 2.14. The lowest BCUT2D eigenvalue weighted by atomic mass is 10.1. The maximum atomic E-state index is 12.1. The van der Waals surface area contributed by atoms with Crippen molar-refractivity contribution in [3.63, 3.8) is 0 Å². The molecule has 0 unspecified atom stereocenters. The quantitative estimate of drug-likeness (QED) is 0.598. The molecule has 25 heavy (non-hydrogen) atoms. The van der Waals surface area contributed by atoms with Crippen LogP contribution < -0.4 is 5.32 Å². The Kier molecular flexibility index (Phi) is 3.77. The van der Waals surface area contributed by atoms with Crippen molar-refractivity contribution >= 4 is 16.9 Å². The molecule has 0 aliphatic heterocycles. The number of nitrogens with zero attached hydrogens (tertiary/aromatic N) is 4. The van der Waals surface area contributed by atoms with Crippen LogP contribution >= 0.6 is 0 Å². The van der Waals surface area contributed by atoms with Crippen LogP contribution in [0.4, 0.5) is 0 Å². The van der Waals surface area contributed by atoms with Crippen molar-refractivity contribution in [2.75, 3.05) is 0 Å². The summed E-state index contributed by atoms with van der Waals surface area (Å²) in [5, 5.41) is 11.5. The monoisotopic (exact) mass is 337 g/mol. The number of fused-ring (bicyclic) bond motifs is 1. The summed E-state index contributed by atoms with van der Waals surface area (Å²) in [7, 11) is 1.90. The number of amides is 1. The Morgan fingerprint density at radius 1 is 1.16 bits per heavy atom. The number of aromatic nitrogens is 4. The van der Waals surface area contributed by atoms with Crippen LogP contribution in [0.3, 0.4) is 0 Å². The van der Waals surface area contributed by atoms with Gasteiger partial charge in [-0.05, 0) is 24.3 Å². The molecule has 1 N–H and O–H groups in total. The minimum absolute atomic E-state index is 0.121. The van der Waals surface area contributed by atoms with Gasteiger partial charge in [0.2, 0.25) is 17.6 Å². The highest BCUT2D eigenvalue weighted by atomic mass is 16.5. The number of carbonyl (C=O) groups is 1. The third kappa shape index (κ3) is 3.01. The Labute approximate surface area is 142 Å². The Morgan fingerprint density at radius 3 is 2.88 bits per heavy atom. The van der Waals surface area contributed by atoms with Crippen LogP contribution in [0.25, 0.3) is 22.5 Å². The third-order valence-corrected chi connectivity index (χ3v) is 3.86. The smallest absolute Gasteiger partial charge is 0.246 e. The Bertz CT molecular complexity index is 1030. The van der Waals surface area contributed by atoms with Gasteiger partial charge in [-0.25, -0.2) is 0 Å². The van der Waals surface area contributed by atoms with Gasteiger partial charge in [-0.1, -0.05) is 22.4 Å². The summed E-state index contributed by atoms with van der Waals surface area (Å²) in [6.45, 7) is 0.159. The van der Waals surface area contributed by atoms with Gasteiger partial charge >= 0.3 is 0 Å². The Balaban J connectivity index is 1.39. The van der Waals surface area contributed by atoms with Crippen LogP contribution in [0.15, 0.2) is 51.6 Å². The average molecular weight is 337 g/mol. The highest BCUT2D eigenvalue weighted by molar-refractivity contribution is 5.86. The number of nitrogens with one attached hydrogen (secondary N) is 1. The predicted octanol–water partition coefficient (Wildman–Crippen LogP) is 2.08. The molecular formula is C17H15N5O3. The first-order valence-electron chi connectivity index (χ1n) is 7.75. The van der Waals surface area contributed by atoms with Gasteiger partial charge in [-0.3, -0.25) is 4.79 Å². The van der Waals surface area contributed by atoms with E-state index in [2.05, 4.69) is 20.6 Å². The number of rotatable bonds is 5. The number of hydrogen-bond donors (Lipinski definition) is 1. The van der Waals surface area contributed by atoms with Crippen molar-refractivity contribution < 1.29 is 13.8 Å². The summed E-state index contributed by atoms with van der Waals surface area (Å²) >= 11 is 0. The lowest BCUT2D eigenvalue weighted by Gasteiger charge is -2.00. The third-order valence-electron chi connectivity index (χ3n) is 3.86. The fraction of sp³-hybridized carbons (Fsp3) is 0.176. The SMILES string of the molecule is Cn1cccc1-c1noc(CNC(=O)Cc2noc3ccccc23)n1. The predicted molar refractivity (Wildman–Crippen MR) is 88.3 cm³/mol. The van der Waals surface area contributed by atoms with Gasteiger partial charge < -0.3 is 18.9 Å². The molecular weight excluding hydrogens is 322 g/mol. The zero-order valence-electron chi connectivity index (χ0n) is 13.5. The maximum absolute atomic E-state index is 12.1. The summed E-state index contributed by atoms with van der Waals surface area (Å²) < 4.78 is 12.3. The van der Waals surface area contributed by atoms with E-state index in [0.717, 1.165) is 11.1 Å². The molecule has 0 bridgehead atoms. The first kappa shape index (κ1) is 15.1. The first-order valence-corrected chi connectivity index (χ1v) is 7.75. The number of benzene rings is 1. The number of hydrogen-bond acceptors (Lipinski definition) is 6. The van der Waals surface area contributed by atoms with Gasteiger partial charge in [0.1, 0.15) is 5.69 Å². The van der Waals surface area contributed by atoms with Crippen molar-refractivity contribution in [2.45, 2.75) is 13.0 Å². The topological polar surface area (TPSA) is 99.0 Å². The van der Waals surface area contributed by atoms with E-state index in [-0.39, 0.29) is 18.9 Å². The van der Waals surface area contributed by atoms with Gasteiger partial charge in [0.15, 0.2) is 5.58 Å². The molecule has 4 rings (SSSR count). The molecule has 0 atom stereocenters. The molecule has 126 valence electrons. The van der Waals surface area contributed by atoms with Gasteiger partial charge in [0, 0.05) is 18.6 Å². The normalized spacial score (nSPS) is 11.1. The Morgan fingerprint density at radius 2 is 2.04 bits per heavy atom. The molecule has 4 aromatic rings. The molecule has 0 aliphatic rings. The average Bonchev–Trinajstić information content (AvgIpc) is 3.33. The maximum Gasteiger partial charge on any atom is 0.246 e. The van der Waals surface area contributed by atoms with E-state index in [1.165, 1.54) is 0 Å². The molecule has 1 aromatic carbocycles. The molecule has 3 aromatic heterocycles. The summed E-state index contributed by atoms with van der Waals surface area (Å²) in [5.41, 5.74) is 2.10. The fourth-order valence-corrected chi connectivity index (χ4v) is 2.58. The van der Waals surface area contributed by atoms with Gasteiger partial charge in [-0.15, -0.1) is 0 Å². The van der Waals surface area contributed by atoms with Crippen LogP contribution in [0.5, 0.6) is 0 Å². The summed E-state index contributed by atoms with van der Waals surface area (Å²) in [4.78, 5) is 16.4. The zero-order chi connectivity index (χ0) is 17.2. The van der Waals surface area contributed by atoms with Crippen LogP contribution in [0, 0.1) is 0 Å². The number of para-hydroxylation sites is 1. The molecule has 0 fully saturated rings. The van der Waals surface area contributed by atoms with E-state index in [1.807, 2.05) is 54.2 Å². The summed E-state index contributed by atoms with van der Waals surface area (Å²) in [5.74, 6) is 0.631. The largest absolute Gasteiger partial charge is 0.356 e. The van der Waals surface area contributed by atoms with E-state index >= 15 is 0 Å². The van der Waals surface area contributed by atoms with Crippen molar-refractivity contribution in [1.29, 1.82) is 0 Å². The molecule has 0 saturated carbocycles. The van der Waals surface area contributed by atoms with Crippen molar-refractivity contribution in [2.24, 2.45) is 7.05 Å². The molecule has 0 radical (unpaired) electrons. The van der Waals surface area contributed by atoms with Gasteiger partial charge in [0.25, 0.3) is 0 Å². The van der Waals surface area contributed by atoms with Crippen molar-refractivity contribution in [3.05, 3.63) is 54.2 Å². The zero-order valence-corrected chi connectivity index (χ0v) is 13.5. The van der Waals surface area contributed by atoms with E-state index in [1.54, 1.807) is 0 Å². The standard InChI is InChI=1S/C17H15N5O3/c1-22-8-4-6-13(22)17-19-16(25-21-17)10-18-15(23)9-12-11-5-2-3-7-14(11)24-20-12/h2-8H,9-10H2,1H3,(H,18,23). The molecule has 0 aliphatic carbocycles.